The molecular weight excluding hydrogens is 284 g/mol. The smallest absolute Gasteiger partial charge is 0.311 e. The molecule has 1 aromatic rings. The van der Waals surface area contributed by atoms with Gasteiger partial charge in [-0.3, -0.25) is 14.9 Å². The molecule has 0 bridgehead atoms. The summed E-state index contributed by atoms with van der Waals surface area (Å²) in [5, 5.41) is 30.8. The molecule has 0 unspecified atom stereocenters. The molecule has 1 aliphatic rings. The van der Waals surface area contributed by atoms with Gasteiger partial charge in [0.15, 0.2) is 5.17 Å². The van der Waals surface area contributed by atoms with Gasteiger partial charge in [0.05, 0.1) is 16.9 Å². The summed E-state index contributed by atoms with van der Waals surface area (Å²) in [5.41, 5.74) is 0.421. The molecule has 0 saturated carbocycles. The number of amides is 1. The SMILES string of the molecule is Cc1cc(C=NN=C2NC(=O)CS2)c(O)c([N+](=O)[O-])c1. The zero-order chi connectivity index (χ0) is 14.7. The predicted octanol–water partition coefficient (Wildman–Crippen LogP) is 1.16. The summed E-state index contributed by atoms with van der Waals surface area (Å²) in [7, 11) is 0. The highest BCUT2D eigenvalue weighted by Crippen LogP contribution is 2.30. The van der Waals surface area contributed by atoms with E-state index in [1.807, 2.05) is 0 Å². The van der Waals surface area contributed by atoms with Gasteiger partial charge in [-0.15, -0.1) is 5.10 Å². The van der Waals surface area contributed by atoms with Gasteiger partial charge >= 0.3 is 5.69 Å². The fourth-order valence-corrected chi connectivity index (χ4v) is 2.18. The molecule has 9 heteroatoms. The molecule has 1 amide bonds. The number of nitro groups is 1. The number of rotatable bonds is 3. The van der Waals surface area contributed by atoms with Gasteiger partial charge in [-0.05, 0) is 18.6 Å². The average Bonchev–Trinajstić information content (AvgIpc) is 2.78. The first-order chi connectivity index (χ1) is 9.47. The first kappa shape index (κ1) is 14.0. The Morgan fingerprint density at radius 2 is 2.30 bits per heavy atom. The molecule has 8 nitrogen and oxygen atoms in total. The Morgan fingerprint density at radius 3 is 2.90 bits per heavy atom. The normalized spacial score (nSPS) is 16.9. The van der Waals surface area contributed by atoms with E-state index in [2.05, 4.69) is 15.5 Å². The summed E-state index contributed by atoms with van der Waals surface area (Å²) in [6.07, 6.45) is 1.20. The minimum atomic E-state index is -0.668. The van der Waals surface area contributed by atoms with Crippen molar-refractivity contribution in [3.05, 3.63) is 33.4 Å². The van der Waals surface area contributed by atoms with Crippen LogP contribution in [0.25, 0.3) is 0 Å². The maximum atomic E-state index is 10.9. The molecule has 0 atom stereocenters. The molecule has 1 heterocycles. The third kappa shape index (κ3) is 3.12. The van der Waals surface area contributed by atoms with Crippen molar-refractivity contribution < 1.29 is 14.8 Å². The largest absolute Gasteiger partial charge is 0.502 e. The summed E-state index contributed by atoms with van der Waals surface area (Å²) < 4.78 is 0. The number of carbonyl (C=O) groups is 1. The number of thioether (sulfide) groups is 1. The number of aryl methyl sites for hydroxylation is 1. The Hall–Kier alpha value is -2.42. The van der Waals surface area contributed by atoms with Gasteiger partial charge in [0.1, 0.15) is 0 Å². The van der Waals surface area contributed by atoms with Gasteiger partial charge in [0.2, 0.25) is 11.7 Å². The fraction of sp³-hybridized carbons (Fsp3) is 0.182. The van der Waals surface area contributed by atoms with Gasteiger partial charge in [-0.25, -0.2) is 0 Å². The van der Waals surface area contributed by atoms with Crippen molar-refractivity contribution in [1.29, 1.82) is 0 Å². The summed E-state index contributed by atoms with van der Waals surface area (Å²) >= 11 is 1.21. The lowest BCUT2D eigenvalue weighted by Crippen LogP contribution is -2.19. The number of nitrogens with one attached hydrogen (secondary N) is 1. The number of hydrogen-bond donors (Lipinski definition) is 2. The first-order valence-corrected chi connectivity index (χ1v) is 6.47. The molecule has 0 aromatic heterocycles. The van der Waals surface area contributed by atoms with Gasteiger partial charge in [-0.2, -0.15) is 5.10 Å². The molecule has 1 fully saturated rings. The van der Waals surface area contributed by atoms with E-state index in [4.69, 9.17) is 0 Å². The van der Waals surface area contributed by atoms with E-state index in [1.54, 1.807) is 13.0 Å². The number of phenolic OH excluding ortho intramolecular Hbond substituents is 1. The molecule has 0 aliphatic carbocycles. The fourth-order valence-electron chi connectivity index (χ4n) is 1.55. The van der Waals surface area contributed by atoms with E-state index in [9.17, 15) is 20.0 Å². The lowest BCUT2D eigenvalue weighted by molar-refractivity contribution is -0.385. The molecular formula is C11H10N4O4S. The van der Waals surface area contributed by atoms with Gasteiger partial charge in [-0.1, -0.05) is 11.8 Å². The number of benzene rings is 1. The van der Waals surface area contributed by atoms with Gasteiger partial charge in [0, 0.05) is 11.6 Å². The van der Waals surface area contributed by atoms with Crippen molar-refractivity contribution in [2.24, 2.45) is 10.2 Å². The van der Waals surface area contributed by atoms with Crippen molar-refractivity contribution in [1.82, 2.24) is 5.32 Å². The van der Waals surface area contributed by atoms with Crippen LogP contribution in [-0.2, 0) is 4.79 Å². The minimum absolute atomic E-state index is 0.155. The van der Waals surface area contributed by atoms with E-state index >= 15 is 0 Å². The second kappa shape index (κ2) is 5.70. The molecule has 1 saturated heterocycles. The topological polar surface area (TPSA) is 117 Å². The molecule has 2 N–H and O–H groups in total. The number of phenols is 1. The van der Waals surface area contributed by atoms with E-state index in [1.165, 1.54) is 24.0 Å². The molecule has 1 aromatic carbocycles. The number of nitro benzene ring substituents is 1. The number of nitrogens with zero attached hydrogens (tertiary/aromatic N) is 3. The Bertz CT molecular complexity index is 642. The van der Waals surface area contributed by atoms with Crippen molar-refractivity contribution in [3.63, 3.8) is 0 Å². The lowest BCUT2D eigenvalue weighted by atomic mass is 10.1. The Kier molecular flexibility index (Phi) is 3.99. The van der Waals surface area contributed by atoms with Crippen LogP contribution < -0.4 is 5.32 Å². The monoisotopic (exact) mass is 294 g/mol. The zero-order valence-electron chi connectivity index (χ0n) is 10.4. The molecule has 1 aliphatic heterocycles. The minimum Gasteiger partial charge on any atom is -0.502 e. The van der Waals surface area contributed by atoms with Crippen LogP contribution in [0.2, 0.25) is 0 Å². The Labute approximate surface area is 117 Å². The third-order valence-electron chi connectivity index (χ3n) is 2.39. The van der Waals surface area contributed by atoms with E-state index < -0.39 is 10.7 Å². The number of carbonyl (C=O) groups excluding carboxylic acids is 1. The van der Waals surface area contributed by atoms with Crippen molar-refractivity contribution >= 4 is 34.7 Å². The zero-order valence-corrected chi connectivity index (χ0v) is 11.2. The number of hydrogen-bond acceptors (Lipinski definition) is 7. The maximum Gasteiger partial charge on any atom is 0.311 e. The van der Waals surface area contributed by atoms with Crippen LogP contribution in [0.5, 0.6) is 5.75 Å². The van der Waals surface area contributed by atoms with Crippen molar-refractivity contribution in [2.45, 2.75) is 6.92 Å². The molecule has 20 heavy (non-hydrogen) atoms. The third-order valence-corrected chi connectivity index (χ3v) is 3.26. The van der Waals surface area contributed by atoms with Gasteiger partial charge in [0.25, 0.3) is 0 Å². The van der Waals surface area contributed by atoms with E-state index in [-0.39, 0.29) is 22.9 Å². The van der Waals surface area contributed by atoms with Crippen LogP contribution in [-0.4, -0.2) is 33.1 Å². The Balaban J connectivity index is 2.25. The van der Waals surface area contributed by atoms with Crippen molar-refractivity contribution in [3.8, 4) is 5.75 Å². The lowest BCUT2D eigenvalue weighted by Gasteiger charge is -2.01. The summed E-state index contributed by atoms with van der Waals surface area (Å²) in [5.74, 6) is -0.333. The van der Waals surface area contributed by atoms with Crippen LogP contribution in [0.1, 0.15) is 11.1 Å². The molecule has 2 rings (SSSR count). The van der Waals surface area contributed by atoms with Crippen molar-refractivity contribution in [2.75, 3.05) is 5.75 Å². The second-order valence-corrected chi connectivity index (χ2v) is 4.93. The summed E-state index contributed by atoms with van der Waals surface area (Å²) in [6, 6.07) is 2.82. The Morgan fingerprint density at radius 1 is 1.55 bits per heavy atom. The molecule has 0 spiro atoms. The number of amidine groups is 1. The summed E-state index contributed by atoms with van der Waals surface area (Å²) in [6.45, 7) is 1.67. The maximum absolute atomic E-state index is 10.9. The van der Waals surface area contributed by atoms with Gasteiger partial charge < -0.3 is 10.4 Å². The van der Waals surface area contributed by atoms with Crippen LogP contribution in [0.3, 0.4) is 0 Å². The van der Waals surface area contributed by atoms with Crippen LogP contribution >= 0.6 is 11.8 Å². The van der Waals surface area contributed by atoms with Crippen LogP contribution in [0.4, 0.5) is 5.69 Å². The highest BCUT2D eigenvalue weighted by atomic mass is 32.2. The van der Waals surface area contributed by atoms with E-state index in [0.717, 1.165) is 0 Å². The standard InChI is InChI=1S/C11H10N4O4S/c1-6-2-7(10(17)8(3-6)15(18)19)4-12-14-11-13-9(16)5-20-11/h2-4,17H,5H2,1H3,(H,13,14,16). The highest BCUT2D eigenvalue weighted by Gasteiger charge is 2.18. The van der Waals surface area contributed by atoms with Crippen LogP contribution in [0, 0.1) is 17.0 Å². The first-order valence-electron chi connectivity index (χ1n) is 5.49. The number of aromatic hydroxyl groups is 1. The highest BCUT2D eigenvalue weighted by molar-refractivity contribution is 8.15. The predicted molar refractivity (Wildman–Crippen MR) is 75.1 cm³/mol. The average molecular weight is 294 g/mol. The second-order valence-electron chi connectivity index (χ2n) is 3.97. The molecule has 0 radical (unpaired) electrons. The molecule has 104 valence electrons. The quantitative estimate of drug-likeness (QED) is 0.493. The summed E-state index contributed by atoms with van der Waals surface area (Å²) in [4.78, 5) is 21.0. The van der Waals surface area contributed by atoms with Crippen LogP contribution in [0.15, 0.2) is 22.3 Å². The van der Waals surface area contributed by atoms with E-state index in [0.29, 0.717) is 10.7 Å².